The van der Waals surface area contributed by atoms with Crippen LogP contribution in [0.5, 0.6) is 0 Å². The lowest BCUT2D eigenvalue weighted by Crippen LogP contribution is -2.52. The zero-order valence-electron chi connectivity index (χ0n) is 12.0. The van der Waals surface area contributed by atoms with Gasteiger partial charge in [-0.05, 0) is 37.0 Å². The number of carbonyl (C=O) groups is 1. The highest BCUT2D eigenvalue weighted by molar-refractivity contribution is 5.80. The van der Waals surface area contributed by atoms with Gasteiger partial charge in [0.05, 0.1) is 0 Å². The van der Waals surface area contributed by atoms with Crippen molar-refractivity contribution in [2.24, 2.45) is 23.0 Å². The first-order chi connectivity index (χ1) is 8.43. The first-order valence-corrected chi connectivity index (χ1v) is 7.49. The van der Waals surface area contributed by atoms with Gasteiger partial charge < -0.3 is 11.1 Å². The van der Waals surface area contributed by atoms with E-state index in [2.05, 4.69) is 26.1 Å². The number of carbonyl (C=O) groups excluding carboxylic acids is 1. The summed E-state index contributed by atoms with van der Waals surface area (Å²) in [6, 6.07) is 0.676. The SMILES string of the molecule is CC1C(N)CCC(C(=O)NC2CCCC2)C1(C)C. The van der Waals surface area contributed by atoms with Crippen molar-refractivity contribution in [2.75, 3.05) is 0 Å². The smallest absolute Gasteiger partial charge is 0.223 e. The molecule has 0 aromatic rings. The molecule has 3 atom stereocenters. The summed E-state index contributed by atoms with van der Waals surface area (Å²) < 4.78 is 0. The predicted octanol–water partition coefficient (Wildman–Crippen LogP) is 2.44. The van der Waals surface area contributed by atoms with E-state index in [9.17, 15) is 4.79 Å². The Morgan fingerprint density at radius 3 is 2.39 bits per heavy atom. The Bertz CT molecular complexity index is 308. The molecule has 3 N–H and O–H groups in total. The molecule has 0 aliphatic heterocycles. The van der Waals surface area contributed by atoms with Gasteiger partial charge in [0.1, 0.15) is 0 Å². The number of amides is 1. The van der Waals surface area contributed by atoms with Crippen LogP contribution in [0, 0.1) is 17.3 Å². The van der Waals surface area contributed by atoms with Crippen LogP contribution in [0.4, 0.5) is 0 Å². The van der Waals surface area contributed by atoms with Gasteiger partial charge in [0.2, 0.25) is 5.91 Å². The summed E-state index contributed by atoms with van der Waals surface area (Å²) in [5, 5.41) is 3.26. The van der Waals surface area contributed by atoms with E-state index in [1.807, 2.05) is 0 Å². The van der Waals surface area contributed by atoms with Gasteiger partial charge in [-0.1, -0.05) is 33.6 Å². The van der Waals surface area contributed by atoms with Crippen LogP contribution in [0.1, 0.15) is 59.3 Å². The first-order valence-electron chi connectivity index (χ1n) is 7.49. The second-order valence-electron chi connectivity index (χ2n) is 6.89. The highest BCUT2D eigenvalue weighted by atomic mass is 16.2. The van der Waals surface area contributed by atoms with Crippen LogP contribution in [-0.4, -0.2) is 18.0 Å². The van der Waals surface area contributed by atoms with Gasteiger partial charge in [0.15, 0.2) is 0 Å². The molecule has 2 aliphatic carbocycles. The lowest BCUT2D eigenvalue weighted by atomic mass is 9.61. The van der Waals surface area contributed by atoms with E-state index in [4.69, 9.17) is 5.73 Å². The Hall–Kier alpha value is -0.570. The van der Waals surface area contributed by atoms with Gasteiger partial charge in [-0.2, -0.15) is 0 Å². The third-order valence-electron chi connectivity index (χ3n) is 5.52. The molecule has 3 unspecified atom stereocenters. The summed E-state index contributed by atoms with van der Waals surface area (Å²) in [6.45, 7) is 6.60. The molecule has 3 nitrogen and oxygen atoms in total. The van der Waals surface area contributed by atoms with Crippen molar-refractivity contribution in [1.29, 1.82) is 0 Å². The largest absolute Gasteiger partial charge is 0.353 e. The minimum absolute atomic E-state index is 0.0142. The van der Waals surface area contributed by atoms with Gasteiger partial charge in [-0.3, -0.25) is 4.79 Å². The molecule has 0 spiro atoms. The third kappa shape index (κ3) is 2.56. The van der Waals surface area contributed by atoms with Gasteiger partial charge in [0.25, 0.3) is 0 Å². The predicted molar refractivity (Wildman–Crippen MR) is 74.0 cm³/mol. The van der Waals surface area contributed by atoms with E-state index in [0.717, 1.165) is 25.7 Å². The van der Waals surface area contributed by atoms with Gasteiger partial charge >= 0.3 is 0 Å². The number of rotatable bonds is 2. The second kappa shape index (κ2) is 5.20. The van der Waals surface area contributed by atoms with E-state index < -0.39 is 0 Å². The van der Waals surface area contributed by atoms with E-state index in [0.29, 0.717) is 12.0 Å². The van der Waals surface area contributed by atoms with Crippen molar-refractivity contribution in [2.45, 2.75) is 71.4 Å². The Morgan fingerprint density at radius 2 is 1.78 bits per heavy atom. The maximum Gasteiger partial charge on any atom is 0.223 e. The molecule has 104 valence electrons. The third-order valence-corrected chi connectivity index (χ3v) is 5.52. The topological polar surface area (TPSA) is 55.1 Å². The summed E-state index contributed by atoms with van der Waals surface area (Å²) in [5.74, 6) is 0.809. The van der Waals surface area contributed by atoms with Crippen molar-refractivity contribution in [3.63, 3.8) is 0 Å². The van der Waals surface area contributed by atoms with E-state index in [1.165, 1.54) is 12.8 Å². The summed E-state index contributed by atoms with van der Waals surface area (Å²) in [6.07, 6.45) is 6.77. The van der Waals surface area contributed by atoms with Crippen LogP contribution in [0.2, 0.25) is 0 Å². The molecule has 0 bridgehead atoms. The molecule has 2 saturated carbocycles. The molecule has 0 aromatic carbocycles. The highest BCUT2D eigenvalue weighted by Crippen LogP contribution is 2.44. The molecule has 0 heterocycles. The Balaban J connectivity index is 2.00. The fraction of sp³-hybridized carbons (Fsp3) is 0.933. The summed E-state index contributed by atoms with van der Waals surface area (Å²) in [4.78, 5) is 12.5. The van der Waals surface area contributed by atoms with E-state index in [1.54, 1.807) is 0 Å². The standard InChI is InChI=1S/C15H28N2O/c1-10-13(16)9-8-12(15(10,2)3)14(18)17-11-6-4-5-7-11/h10-13H,4-9,16H2,1-3H3,(H,17,18). The molecule has 0 aromatic heterocycles. The van der Waals surface area contributed by atoms with Crippen LogP contribution in [0.15, 0.2) is 0 Å². The average Bonchev–Trinajstić information content (AvgIpc) is 2.78. The maximum atomic E-state index is 12.5. The fourth-order valence-corrected chi connectivity index (χ4v) is 3.69. The van der Waals surface area contributed by atoms with Crippen molar-refractivity contribution in [3.05, 3.63) is 0 Å². The average molecular weight is 252 g/mol. The molecule has 0 radical (unpaired) electrons. The Kier molecular flexibility index (Phi) is 4.00. The lowest BCUT2D eigenvalue weighted by molar-refractivity contribution is -0.133. The Labute approximate surface area is 111 Å². The molecule has 2 fully saturated rings. The molecular weight excluding hydrogens is 224 g/mol. The molecule has 2 aliphatic rings. The lowest BCUT2D eigenvalue weighted by Gasteiger charge is -2.46. The molecule has 1 amide bonds. The molecule has 3 heteroatoms. The molecule has 18 heavy (non-hydrogen) atoms. The zero-order chi connectivity index (χ0) is 13.3. The van der Waals surface area contributed by atoms with Crippen LogP contribution >= 0.6 is 0 Å². The number of nitrogens with one attached hydrogen (secondary N) is 1. The van der Waals surface area contributed by atoms with Crippen molar-refractivity contribution < 1.29 is 4.79 Å². The van der Waals surface area contributed by atoms with Crippen LogP contribution in [0.25, 0.3) is 0 Å². The zero-order valence-corrected chi connectivity index (χ0v) is 12.0. The quantitative estimate of drug-likeness (QED) is 0.793. The molecular formula is C15H28N2O. The fourth-order valence-electron chi connectivity index (χ4n) is 3.69. The van der Waals surface area contributed by atoms with Gasteiger partial charge in [-0.25, -0.2) is 0 Å². The Morgan fingerprint density at radius 1 is 1.17 bits per heavy atom. The van der Waals surface area contributed by atoms with Crippen molar-refractivity contribution >= 4 is 5.91 Å². The van der Waals surface area contributed by atoms with Crippen LogP contribution < -0.4 is 11.1 Å². The van der Waals surface area contributed by atoms with E-state index >= 15 is 0 Å². The maximum absolute atomic E-state index is 12.5. The number of nitrogens with two attached hydrogens (primary N) is 1. The number of hydrogen-bond acceptors (Lipinski definition) is 2. The summed E-state index contributed by atoms with van der Waals surface area (Å²) in [5.41, 5.74) is 6.16. The van der Waals surface area contributed by atoms with Crippen molar-refractivity contribution in [3.8, 4) is 0 Å². The number of hydrogen-bond donors (Lipinski definition) is 2. The summed E-state index contributed by atoms with van der Waals surface area (Å²) >= 11 is 0. The molecule has 2 rings (SSSR count). The van der Waals surface area contributed by atoms with Crippen LogP contribution in [0.3, 0.4) is 0 Å². The van der Waals surface area contributed by atoms with Crippen LogP contribution in [-0.2, 0) is 4.79 Å². The summed E-state index contributed by atoms with van der Waals surface area (Å²) in [7, 11) is 0. The highest BCUT2D eigenvalue weighted by Gasteiger charge is 2.45. The first kappa shape index (κ1) is 13.9. The van der Waals surface area contributed by atoms with E-state index in [-0.39, 0.29) is 23.3 Å². The monoisotopic (exact) mass is 252 g/mol. The molecule has 0 saturated heterocycles. The van der Waals surface area contributed by atoms with Gasteiger partial charge in [0, 0.05) is 18.0 Å². The van der Waals surface area contributed by atoms with Crippen molar-refractivity contribution in [1.82, 2.24) is 5.32 Å². The minimum atomic E-state index is 0.0142. The van der Waals surface area contributed by atoms with Gasteiger partial charge in [-0.15, -0.1) is 0 Å². The second-order valence-corrected chi connectivity index (χ2v) is 6.89. The minimum Gasteiger partial charge on any atom is -0.353 e. The normalized spacial score (nSPS) is 36.6.